The molecule has 0 heterocycles. The van der Waals surface area contributed by atoms with Crippen molar-refractivity contribution < 1.29 is 4.79 Å². The number of nitrogens with zero attached hydrogens (tertiary/aromatic N) is 1. The van der Waals surface area contributed by atoms with Crippen LogP contribution in [-0.4, -0.2) is 17.0 Å². The fourth-order valence-electron chi connectivity index (χ4n) is 1.46. The van der Waals surface area contributed by atoms with E-state index in [1.165, 1.54) is 0 Å². The fourth-order valence-corrected chi connectivity index (χ4v) is 1.57. The largest absolute Gasteiger partial charge is 0.292 e. The van der Waals surface area contributed by atoms with E-state index < -0.39 is 6.04 Å². The Morgan fingerprint density at radius 3 is 2.31 bits per heavy atom. The van der Waals surface area contributed by atoms with Crippen molar-refractivity contribution in [1.82, 2.24) is 0 Å². The molecule has 0 amide bonds. The summed E-state index contributed by atoms with van der Waals surface area (Å²) in [5.74, 6) is 0.136. The molecule has 0 N–H and O–H groups in total. The van der Waals surface area contributed by atoms with Crippen molar-refractivity contribution in [3.05, 3.63) is 35.4 Å². The molecule has 0 fully saturated rings. The first-order valence-electron chi connectivity index (χ1n) is 5.24. The van der Waals surface area contributed by atoms with Gasteiger partial charge in [0, 0.05) is 5.56 Å². The van der Waals surface area contributed by atoms with E-state index >= 15 is 0 Å². The minimum atomic E-state index is -0.416. The highest BCUT2D eigenvalue weighted by atomic mass is 32.1. The average molecular weight is 233 g/mol. The van der Waals surface area contributed by atoms with Crippen LogP contribution in [0.4, 0.5) is 0 Å². The highest BCUT2D eigenvalue weighted by Gasteiger charge is 2.22. The van der Waals surface area contributed by atoms with E-state index in [1.54, 1.807) is 0 Å². The predicted molar refractivity (Wildman–Crippen MR) is 69.2 cm³/mol. The minimum Gasteiger partial charge on any atom is -0.292 e. The Labute approximate surface area is 101 Å². The molecule has 0 saturated heterocycles. The maximum atomic E-state index is 12.1. The van der Waals surface area contributed by atoms with E-state index in [2.05, 4.69) is 22.4 Å². The number of aryl methyl sites for hydroxylation is 1. The second-order valence-electron chi connectivity index (χ2n) is 4.14. The van der Waals surface area contributed by atoms with Crippen LogP contribution in [0.25, 0.3) is 0 Å². The highest BCUT2D eigenvalue weighted by molar-refractivity contribution is 7.78. The smallest absolute Gasteiger partial charge is 0.188 e. The molecular formula is C13H15NOS. The summed E-state index contributed by atoms with van der Waals surface area (Å²) in [7, 11) is 0. The number of Topliss-reactive ketones (excluding diaryl/α,β-unsaturated/α-hetero) is 1. The average Bonchev–Trinajstić information content (AvgIpc) is 2.25. The van der Waals surface area contributed by atoms with E-state index in [4.69, 9.17) is 0 Å². The minimum absolute atomic E-state index is 0.00681. The van der Waals surface area contributed by atoms with Crippen LogP contribution in [0.15, 0.2) is 29.3 Å². The van der Waals surface area contributed by atoms with Gasteiger partial charge in [-0.3, -0.25) is 4.79 Å². The number of ketones is 1. The first kappa shape index (κ1) is 12.8. The third-order valence-electron chi connectivity index (χ3n) is 2.43. The van der Waals surface area contributed by atoms with Crippen LogP contribution in [0, 0.1) is 12.8 Å². The van der Waals surface area contributed by atoms with Gasteiger partial charge >= 0.3 is 0 Å². The standard InChI is InChI=1S/C13H15NOS/c1-9(2)12(14-8-16)13(15)11-6-4-10(3)5-7-11/h4-7,9,12H,1-3H3. The van der Waals surface area contributed by atoms with Gasteiger partial charge in [-0.15, -0.1) is 0 Å². The first-order chi connectivity index (χ1) is 7.56. The van der Waals surface area contributed by atoms with Gasteiger partial charge in [-0.05, 0) is 25.1 Å². The van der Waals surface area contributed by atoms with Crippen molar-refractivity contribution in [3.63, 3.8) is 0 Å². The summed E-state index contributed by atoms with van der Waals surface area (Å²) in [5.41, 5.74) is 1.81. The molecule has 0 aliphatic rings. The lowest BCUT2D eigenvalue weighted by atomic mass is 9.95. The van der Waals surface area contributed by atoms with Gasteiger partial charge in [0.1, 0.15) is 6.04 Å². The Kier molecular flexibility index (Phi) is 4.53. The second-order valence-corrected chi connectivity index (χ2v) is 4.32. The number of hydrogen-bond donors (Lipinski definition) is 0. The quantitative estimate of drug-likeness (QED) is 0.453. The van der Waals surface area contributed by atoms with Crippen molar-refractivity contribution >= 4 is 23.2 Å². The number of benzene rings is 1. The van der Waals surface area contributed by atoms with Crippen LogP contribution in [-0.2, 0) is 0 Å². The number of carbonyl (C=O) groups excluding carboxylic acids is 1. The van der Waals surface area contributed by atoms with E-state index in [0.29, 0.717) is 5.56 Å². The Morgan fingerprint density at radius 1 is 1.31 bits per heavy atom. The van der Waals surface area contributed by atoms with Crippen LogP contribution >= 0.6 is 12.2 Å². The van der Waals surface area contributed by atoms with Crippen LogP contribution in [0.1, 0.15) is 29.8 Å². The van der Waals surface area contributed by atoms with E-state index in [9.17, 15) is 4.79 Å². The highest BCUT2D eigenvalue weighted by Crippen LogP contribution is 2.14. The molecule has 16 heavy (non-hydrogen) atoms. The van der Waals surface area contributed by atoms with Crippen LogP contribution in [0.2, 0.25) is 0 Å². The Morgan fingerprint density at radius 2 is 1.88 bits per heavy atom. The number of isothiocyanates is 1. The lowest BCUT2D eigenvalue weighted by Crippen LogP contribution is -2.24. The maximum absolute atomic E-state index is 12.1. The summed E-state index contributed by atoms with van der Waals surface area (Å²) in [6, 6.07) is 7.08. The predicted octanol–water partition coefficient (Wildman–Crippen LogP) is 3.31. The van der Waals surface area contributed by atoms with Gasteiger partial charge in [0.2, 0.25) is 0 Å². The summed E-state index contributed by atoms with van der Waals surface area (Å²) in [6.07, 6.45) is 0. The second kappa shape index (κ2) is 5.69. The number of rotatable bonds is 4. The molecule has 1 aromatic rings. The van der Waals surface area contributed by atoms with Crippen LogP contribution < -0.4 is 0 Å². The molecule has 0 spiro atoms. The first-order valence-corrected chi connectivity index (χ1v) is 5.65. The van der Waals surface area contributed by atoms with Crippen molar-refractivity contribution in [2.75, 3.05) is 0 Å². The molecule has 0 radical (unpaired) electrons. The lowest BCUT2D eigenvalue weighted by Gasteiger charge is -2.13. The molecular weight excluding hydrogens is 218 g/mol. The van der Waals surface area contributed by atoms with Gasteiger partial charge in [-0.2, -0.15) is 0 Å². The topological polar surface area (TPSA) is 29.4 Å². The molecule has 1 unspecified atom stereocenters. The van der Waals surface area contributed by atoms with Gasteiger partial charge in [-0.25, -0.2) is 4.99 Å². The molecule has 0 aliphatic carbocycles. The van der Waals surface area contributed by atoms with Crippen molar-refractivity contribution in [2.24, 2.45) is 10.9 Å². The maximum Gasteiger partial charge on any atom is 0.188 e. The van der Waals surface area contributed by atoms with E-state index in [1.807, 2.05) is 45.0 Å². The van der Waals surface area contributed by atoms with Crippen molar-refractivity contribution in [3.8, 4) is 0 Å². The fraction of sp³-hybridized carbons (Fsp3) is 0.385. The molecule has 84 valence electrons. The molecule has 0 aliphatic heterocycles. The summed E-state index contributed by atoms with van der Waals surface area (Å²) in [5, 5.41) is 2.30. The van der Waals surface area contributed by atoms with E-state index in [-0.39, 0.29) is 11.7 Å². The molecule has 0 saturated carbocycles. The molecule has 1 aromatic carbocycles. The Hall–Kier alpha value is -1.31. The number of thiocarbonyl (C=S) groups is 1. The monoisotopic (exact) mass is 233 g/mol. The van der Waals surface area contributed by atoms with Gasteiger partial charge < -0.3 is 0 Å². The Balaban J connectivity index is 2.99. The molecule has 1 rings (SSSR count). The van der Waals surface area contributed by atoms with Gasteiger partial charge in [0.15, 0.2) is 5.78 Å². The third-order valence-corrected chi connectivity index (χ3v) is 2.53. The van der Waals surface area contributed by atoms with Gasteiger partial charge in [-0.1, -0.05) is 43.7 Å². The SMILES string of the molecule is Cc1ccc(C(=O)C(N=C=S)C(C)C)cc1. The molecule has 0 aromatic heterocycles. The van der Waals surface area contributed by atoms with E-state index in [0.717, 1.165) is 5.56 Å². The number of carbonyl (C=O) groups is 1. The summed E-state index contributed by atoms with van der Waals surface area (Å²) >= 11 is 4.57. The van der Waals surface area contributed by atoms with Crippen molar-refractivity contribution in [1.29, 1.82) is 0 Å². The lowest BCUT2D eigenvalue weighted by molar-refractivity contribution is 0.0942. The van der Waals surface area contributed by atoms with Crippen LogP contribution in [0.5, 0.6) is 0 Å². The normalized spacial score (nSPS) is 12.0. The molecule has 1 atom stereocenters. The van der Waals surface area contributed by atoms with Gasteiger partial charge in [0.25, 0.3) is 0 Å². The number of hydrogen-bond acceptors (Lipinski definition) is 3. The number of aliphatic imine (C=N–C) groups is 1. The molecule has 3 heteroatoms. The zero-order chi connectivity index (χ0) is 12.1. The van der Waals surface area contributed by atoms with Crippen LogP contribution in [0.3, 0.4) is 0 Å². The third kappa shape index (κ3) is 3.09. The summed E-state index contributed by atoms with van der Waals surface area (Å²) < 4.78 is 0. The zero-order valence-corrected chi connectivity index (χ0v) is 10.5. The molecule has 2 nitrogen and oxygen atoms in total. The molecule has 0 bridgehead atoms. The summed E-state index contributed by atoms with van der Waals surface area (Å²) in [4.78, 5) is 16.0. The zero-order valence-electron chi connectivity index (χ0n) is 9.73. The van der Waals surface area contributed by atoms with Gasteiger partial charge in [0.05, 0.1) is 5.16 Å². The van der Waals surface area contributed by atoms with Crippen molar-refractivity contribution in [2.45, 2.75) is 26.8 Å². The summed E-state index contributed by atoms with van der Waals surface area (Å²) in [6.45, 7) is 5.89. The Bertz CT molecular complexity index is 416.